The zero-order valence-corrected chi connectivity index (χ0v) is 13.1. The van der Waals surface area contributed by atoms with E-state index in [4.69, 9.17) is 0 Å². The topological polar surface area (TPSA) is 58.2 Å². The number of sulfonamides is 1. The number of nitrogens with one attached hydrogen (secondary N) is 2. The average molecular weight is 276 g/mol. The molecule has 0 amide bonds. The fraction of sp³-hybridized carbons (Fsp3) is 1.00. The third kappa shape index (κ3) is 5.24. The van der Waals surface area contributed by atoms with Crippen molar-refractivity contribution in [3.05, 3.63) is 0 Å². The van der Waals surface area contributed by atoms with E-state index in [0.29, 0.717) is 12.3 Å². The molecule has 0 saturated carbocycles. The van der Waals surface area contributed by atoms with Crippen molar-refractivity contribution in [1.29, 1.82) is 0 Å². The molecule has 0 aromatic carbocycles. The molecule has 0 radical (unpaired) electrons. The molecule has 2 N–H and O–H groups in total. The molecule has 3 unspecified atom stereocenters. The van der Waals surface area contributed by atoms with E-state index in [1.807, 2.05) is 6.92 Å². The highest BCUT2D eigenvalue weighted by molar-refractivity contribution is 7.89. The minimum atomic E-state index is -3.17. The van der Waals surface area contributed by atoms with E-state index < -0.39 is 10.0 Å². The van der Waals surface area contributed by atoms with Gasteiger partial charge in [-0.2, -0.15) is 0 Å². The van der Waals surface area contributed by atoms with Crippen LogP contribution in [0.4, 0.5) is 0 Å². The Labute approximate surface area is 112 Å². The lowest BCUT2D eigenvalue weighted by atomic mass is 9.90. The second kappa shape index (κ2) is 5.88. The van der Waals surface area contributed by atoms with Gasteiger partial charge in [0.1, 0.15) is 0 Å². The van der Waals surface area contributed by atoms with Gasteiger partial charge in [-0.1, -0.05) is 27.7 Å². The summed E-state index contributed by atoms with van der Waals surface area (Å²) in [6, 6.07) is 0.224. The maximum absolute atomic E-state index is 12.1. The molecule has 1 aliphatic heterocycles. The van der Waals surface area contributed by atoms with Crippen LogP contribution in [0.25, 0.3) is 0 Å². The van der Waals surface area contributed by atoms with Crippen LogP contribution >= 0.6 is 0 Å². The third-order valence-corrected chi connectivity index (χ3v) is 5.03. The Morgan fingerprint density at radius 1 is 1.28 bits per heavy atom. The van der Waals surface area contributed by atoms with Crippen LogP contribution in [0.2, 0.25) is 0 Å². The van der Waals surface area contributed by atoms with Crippen LogP contribution in [0, 0.1) is 11.3 Å². The smallest absolute Gasteiger partial charge is 0.211 e. The molecule has 1 heterocycles. The summed E-state index contributed by atoms with van der Waals surface area (Å²) >= 11 is 0. The molecule has 0 aromatic rings. The maximum Gasteiger partial charge on any atom is 0.211 e. The number of piperidine rings is 1. The third-order valence-electron chi connectivity index (χ3n) is 3.65. The van der Waals surface area contributed by atoms with Crippen molar-refractivity contribution in [1.82, 2.24) is 10.0 Å². The standard InChI is InChI=1S/C13H28N2O2S/c1-10-6-8-14-11(2)12(10)15-18(16,17)9-7-13(3,4)5/h10-12,14-15H,6-9H2,1-5H3. The van der Waals surface area contributed by atoms with Crippen LogP contribution in [0.15, 0.2) is 0 Å². The highest BCUT2D eigenvalue weighted by atomic mass is 32.2. The highest BCUT2D eigenvalue weighted by Crippen LogP contribution is 2.21. The van der Waals surface area contributed by atoms with Crippen LogP contribution in [0.3, 0.4) is 0 Å². The van der Waals surface area contributed by atoms with Gasteiger partial charge in [0.25, 0.3) is 0 Å². The van der Waals surface area contributed by atoms with Crippen molar-refractivity contribution in [2.24, 2.45) is 11.3 Å². The Morgan fingerprint density at radius 2 is 1.89 bits per heavy atom. The molecule has 0 spiro atoms. The first kappa shape index (κ1) is 15.9. The Morgan fingerprint density at radius 3 is 2.39 bits per heavy atom. The first-order valence-electron chi connectivity index (χ1n) is 6.84. The van der Waals surface area contributed by atoms with E-state index in [2.05, 4.69) is 37.7 Å². The first-order chi connectivity index (χ1) is 8.11. The molecule has 5 heteroatoms. The Bertz CT molecular complexity index is 350. The van der Waals surface area contributed by atoms with Crippen molar-refractivity contribution in [2.75, 3.05) is 12.3 Å². The normalized spacial score (nSPS) is 30.4. The molecule has 18 heavy (non-hydrogen) atoms. The SMILES string of the molecule is CC1CCNC(C)C1NS(=O)(=O)CCC(C)(C)C. The van der Waals surface area contributed by atoms with Crippen LogP contribution in [0.1, 0.15) is 47.5 Å². The largest absolute Gasteiger partial charge is 0.313 e. The van der Waals surface area contributed by atoms with Gasteiger partial charge in [-0.3, -0.25) is 0 Å². The molecule has 108 valence electrons. The Hall–Kier alpha value is -0.130. The lowest BCUT2D eigenvalue weighted by molar-refractivity contribution is 0.266. The van der Waals surface area contributed by atoms with Gasteiger partial charge < -0.3 is 5.32 Å². The second-order valence-electron chi connectivity index (χ2n) is 6.78. The van der Waals surface area contributed by atoms with Gasteiger partial charge in [-0.05, 0) is 37.6 Å². The molecule has 1 rings (SSSR count). The van der Waals surface area contributed by atoms with Crippen molar-refractivity contribution < 1.29 is 8.42 Å². The van der Waals surface area contributed by atoms with Gasteiger partial charge in [0.05, 0.1) is 5.75 Å². The summed E-state index contributed by atoms with van der Waals surface area (Å²) in [5.74, 6) is 0.609. The molecule has 0 aliphatic carbocycles. The quantitative estimate of drug-likeness (QED) is 0.822. The zero-order chi connectivity index (χ0) is 14.0. The summed E-state index contributed by atoms with van der Waals surface area (Å²) in [4.78, 5) is 0. The van der Waals surface area contributed by atoms with E-state index in [1.165, 1.54) is 0 Å². The van der Waals surface area contributed by atoms with Crippen molar-refractivity contribution in [3.63, 3.8) is 0 Å². The van der Waals surface area contributed by atoms with Gasteiger partial charge in [-0.25, -0.2) is 13.1 Å². The van der Waals surface area contributed by atoms with Gasteiger partial charge in [-0.15, -0.1) is 0 Å². The predicted octanol–water partition coefficient (Wildman–Crippen LogP) is 1.73. The van der Waals surface area contributed by atoms with E-state index in [0.717, 1.165) is 13.0 Å². The fourth-order valence-corrected chi connectivity index (χ4v) is 4.11. The van der Waals surface area contributed by atoms with Gasteiger partial charge >= 0.3 is 0 Å². The molecular formula is C13H28N2O2S. The second-order valence-corrected chi connectivity index (χ2v) is 8.66. The van der Waals surface area contributed by atoms with E-state index in [9.17, 15) is 8.42 Å². The monoisotopic (exact) mass is 276 g/mol. The minimum Gasteiger partial charge on any atom is -0.313 e. The average Bonchev–Trinajstić information content (AvgIpc) is 2.20. The fourth-order valence-electron chi connectivity index (χ4n) is 2.26. The zero-order valence-electron chi connectivity index (χ0n) is 12.3. The lowest BCUT2D eigenvalue weighted by Gasteiger charge is -2.35. The predicted molar refractivity (Wildman–Crippen MR) is 76.0 cm³/mol. The van der Waals surface area contributed by atoms with Crippen molar-refractivity contribution in [3.8, 4) is 0 Å². The number of rotatable bonds is 4. The van der Waals surface area contributed by atoms with Gasteiger partial charge in [0.15, 0.2) is 0 Å². The molecule has 1 fully saturated rings. The Kier molecular flexibility index (Phi) is 5.21. The van der Waals surface area contributed by atoms with Crippen molar-refractivity contribution in [2.45, 2.75) is 59.5 Å². The van der Waals surface area contributed by atoms with Gasteiger partial charge in [0, 0.05) is 12.1 Å². The minimum absolute atomic E-state index is 0.0173. The van der Waals surface area contributed by atoms with E-state index in [1.54, 1.807) is 0 Å². The summed E-state index contributed by atoms with van der Waals surface area (Å²) in [5, 5.41) is 3.33. The van der Waals surface area contributed by atoms with Crippen LogP contribution < -0.4 is 10.0 Å². The molecular weight excluding hydrogens is 248 g/mol. The molecule has 0 bridgehead atoms. The van der Waals surface area contributed by atoms with E-state index >= 15 is 0 Å². The summed E-state index contributed by atoms with van der Waals surface area (Å²) < 4.78 is 27.1. The van der Waals surface area contributed by atoms with Gasteiger partial charge in [0.2, 0.25) is 10.0 Å². The number of hydrogen-bond acceptors (Lipinski definition) is 3. The summed E-state index contributed by atoms with van der Waals surface area (Å²) in [6.07, 6.45) is 1.71. The summed E-state index contributed by atoms with van der Waals surface area (Å²) in [7, 11) is -3.17. The van der Waals surface area contributed by atoms with Crippen LogP contribution in [0.5, 0.6) is 0 Å². The molecule has 4 nitrogen and oxygen atoms in total. The molecule has 1 saturated heterocycles. The molecule has 3 atom stereocenters. The lowest BCUT2D eigenvalue weighted by Crippen LogP contribution is -2.56. The van der Waals surface area contributed by atoms with Crippen molar-refractivity contribution >= 4 is 10.0 Å². The molecule has 0 aromatic heterocycles. The molecule has 1 aliphatic rings. The van der Waals surface area contributed by atoms with Crippen LogP contribution in [-0.2, 0) is 10.0 Å². The maximum atomic E-state index is 12.1. The summed E-state index contributed by atoms with van der Waals surface area (Å²) in [5.41, 5.74) is 0.0524. The first-order valence-corrected chi connectivity index (χ1v) is 8.49. The highest BCUT2D eigenvalue weighted by Gasteiger charge is 2.31. The Balaban J connectivity index is 2.58. The number of hydrogen-bond donors (Lipinski definition) is 2. The van der Waals surface area contributed by atoms with Crippen LogP contribution in [-0.4, -0.2) is 32.8 Å². The van der Waals surface area contributed by atoms with E-state index in [-0.39, 0.29) is 23.3 Å². The summed E-state index contributed by atoms with van der Waals surface area (Å²) in [6.45, 7) is 11.3.